The zero-order chi connectivity index (χ0) is 16.0. The predicted octanol–water partition coefficient (Wildman–Crippen LogP) is 5.12. The largest absolute Gasteiger partial charge is 0.394 e. The average Bonchev–Trinajstić information content (AvgIpc) is 2.26. The van der Waals surface area contributed by atoms with Crippen LogP contribution >= 0.6 is 0 Å². The second-order valence-electron chi connectivity index (χ2n) is 6.04. The van der Waals surface area contributed by atoms with Crippen molar-refractivity contribution in [1.82, 2.24) is 0 Å². The fourth-order valence-electron chi connectivity index (χ4n) is 1.65. The number of alkyl halides is 3. The van der Waals surface area contributed by atoms with Crippen molar-refractivity contribution in [3.8, 4) is 0 Å². The predicted molar refractivity (Wildman–Crippen MR) is 68.7 cm³/mol. The number of hydrogen-bond acceptors (Lipinski definition) is 0. The smallest absolute Gasteiger partial charge is 0.171 e. The molecule has 0 aliphatic carbocycles. The Balaban J connectivity index is 3.52. The summed E-state index contributed by atoms with van der Waals surface area (Å²) in [6.07, 6.45) is -7.13. The van der Waals surface area contributed by atoms with E-state index in [0.29, 0.717) is 5.56 Å². The van der Waals surface area contributed by atoms with E-state index < -0.39 is 23.4 Å². The van der Waals surface area contributed by atoms with Gasteiger partial charge in [-0.2, -0.15) is 13.2 Å². The molecule has 0 aliphatic rings. The fourth-order valence-corrected chi connectivity index (χ4v) is 1.65. The van der Waals surface area contributed by atoms with Crippen LogP contribution in [0, 0.1) is 5.41 Å². The van der Waals surface area contributed by atoms with E-state index >= 15 is 0 Å². The molecule has 0 radical (unpaired) electrons. The van der Waals surface area contributed by atoms with E-state index in [4.69, 9.17) is 2.74 Å². The summed E-state index contributed by atoms with van der Waals surface area (Å²) in [5, 5.41) is 0. The van der Waals surface area contributed by atoms with Crippen molar-refractivity contribution in [2.24, 2.45) is 5.41 Å². The maximum absolute atomic E-state index is 13.2. The van der Waals surface area contributed by atoms with Gasteiger partial charge >= 0.3 is 6.18 Å². The zero-order valence-corrected chi connectivity index (χ0v) is 11.4. The third-order valence-corrected chi connectivity index (χ3v) is 2.89. The standard InChI is InChI=1S/C15H21F3/c1-13(2,3)12-9-7-6-8-11(12)10-14(4,5)15(16,17)18/h6-9H,10H2,1-5H3/i10D2. The molecule has 102 valence electrons. The third-order valence-electron chi connectivity index (χ3n) is 2.89. The lowest BCUT2D eigenvalue weighted by molar-refractivity contribution is -0.211. The van der Waals surface area contributed by atoms with Gasteiger partial charge < -0.3 is 0 Å². The SMILES string of the molecule is [2H]C([2H])(c1ccccc1C(C)(C)C)C(C)(C)C(F)(F)F. The minimum atomic E-state index is -4.62. The molecule has 0 unspecified atom stereocenters. The highest BCUT2D eigenvalue weighted by Gasteiger charge is 2.47. The van der Waals surface area contributed by atoms with Gasteiger partial charge in [0, 0.05) is 2.74 Å². The first kappa shape index (κ1) is 12.1. The highest BCUT2D eigenvalue weighted by molar-refractivity contribution is 5.33. The number of benzene rings is 1. The lowest BCUT2D eigenvalue weighted by Crippen LogP contribution is -2.34. The van der Waals surface area contributed by atoms with Crippen LogP contribution in [0.1, 0.15) is 48.5 Å². The Labute approximate surface area is 110 Å². The molecule has 0 amide bonds. The van der Waals surface area contributed by atoms with Crippen molar-refractivity contribution in [3.05, 3.63) is 35.4 Å². The Morgan fingerprint density at radius 1 is 1.00 bits per heavy atom. The highest BCUT2D eigenvalue weighted by atomic mass is 19.4. The van der Waals surface area contributed by atoms with Crippen molar-refractivity contribution < 1.29 is 15.9 Å². The molecule has 3 heteroatoms. The Morgan fingerprint density at radius 2 is 1.50 bits per heavy atom. The molecular formula is C15H21F3. The molecule has 0 bridgehead atoms. The summed E-state index contributed by atoms with van der Waals surface area (Å²) in [5.41, 5.74) is -2.19. The quantitative estimate of drug-likeness (QED) is 0.692. The molecule has 0 nitrogen and oxygen atoms in total. The minimum Gasteiger partial charge on any atom is -0.171 e. The summed E-state index contributed by atoms with van der Waals surface area (Å²) in [6.45, 7) is 7.41. The normalized spacial score (nSPS) is 16.2. The molecule has 1 rings (SSSR count). The molecule has 0 spiro atoms. The first-order valence-electron chi connectivity index (χ1n) is 6.89. The van der Waals surface area contributed by atoms with Gasteiger partial charge in [-0.05, 0) is 22.9 Å². The van der Waals surface area contributed by atoms with Crippen LogP contribution in [-0.2, 0) is 11.8 Å². The molecule has 0 N–H and O–H groups in total. The molecule has 1 aromatic carbocycles. The van der Waals surface area contributed by atoms with Gasteiger partial charge in [-0.15, -0.1) is 0 Å². The molecule has 0 saturated carbocycles. The molecule has 18 heavy (non-hydrogen) atoms. The molecule has 0 saturated heterocycles. The van der Waals surface area contributed by atoms with Crippen molar-refractivity contribution in [1.29, 1.82) is 0 Å². The van der Waals surface area contributed by atoms with Gasteiger partial charge in [0.05, 0.1) is 5.41 Å². The molecule has 1 aromatic rings. The van der Waals surface area contributed by atoms with E-state index in [1.165, 1.54) is 6.07 Å². The summed E-state index contributed by atoms with van der Waals surface area (Å²) in [4.78, 5) is 0. The van der Waals surface area contributed by atoms with Gasteiger partial charge in [0.15, 0.2) is 0 Å². The maximum Gasteiger partial charge on any atom is 0.394 e. The highest BCUT2D eigenvalue weighted by Crippen LogP contribution is 2.41. The van der Waals surface area contributed by atoms with Gasteiger partial charge in [0.25, 0.3) is 0 Å². The van der Waals surface area contributed by atoms with Crippen molar-refractivity contribution in [3.63, 3.8) is 0 Å². The summed E-state index contributed by atoms with van der Waals surface area (Å²) in [5.74, 6) is 0. The van der Waals surface area contributed by atoms with Gasteiger partial charge in [-0.3, -0.25) is 0 Å². The summed E-state index contributed by atoms with van der Waals surface area (Å²) in [6, 6.07) is 6.45. The van der Waals surface area contributed by atoms with E-state index in [-0.39, 0.29) is 5.56 Å². The van der Waals surface area contributed by atoms with Crippen LogP contribution in [0.3, 0.4) is 0 Å². The van der Waals surface area contributed by atoms with E-state index in [1.54, 1.807) is 18.2 Å². The third kappa shape index (κ3) is 3.27. The molecule has 0 aromatic heterocycles. The van der Waals surface area contributed by atoms with Crippen LogP contribution in [0.5, 0.6) is 0 Å². The fraction of sp³-hybridized carbons (Fsp3) is 0.600. The average molecular weight is 260 g/mol. The van der Waals surface area contributed by atoms with Crippen LogP contribution in [0.25, 0.3) is 0 Å². The summed E-state index contributed by atoms with van der Waals surface area (Å²) >= 11 is 0. The monoisotopic (exact) mass is 260 g/mol. The number of hydrogen-bond donors (Lipinski definition) is 0. The second kappa shape index (κ2) is 4.60. The maximum atomic E-state index is 13.2. The Kier molecular flexibility index (Phi) is 3.08. The van der Waals surface area contributed by atoms with Crippen molar-refractivity contribution >= 4 is 0 Å². The van der Waals surface area contributed by atoms with E-state index in [9.17, 15) is 13.2 Å². The van der Waals surface area contributed by atoms with Gasteiger partial charge in [-0.1, -0.05) is 58.9 Å². The Bertz CT molecular complexity index is 483. The van der Waals surface area contributed by atoms with Crippen molar-refractivity contribution in [2.45, 2.75) is 52.6 Å². The van der Waals surface area contributed by atoms with Crippen LogP contribution in [0.15, 0.2) is 24.3 Å². The van der Waals surface area contributed by atoms with E-state index in [2.05, 4.69) is 0 Å². The van der Waals surface area contributed by atoms with Crippen LogP contribution < -0.4 is 0 Å². The second-order valence-corrected chi connectivity index (χ2v) is 6.04. The molecular weight excluding hydrogens is 237 g/mol. The van der Waals surface area contributed by atoms with E-state index in [1.807, 2.05) is 20.8 Å². The van der Waals surface area contributed by atoms with Crippen molar-refractivity contribution in [2.75, 3.05) is 0 Å². The Morgan fingerprint density at radius 3 is 1.94 bits per heavy atom. The van der Waals surface area contributed by atoms with Gasteiger partial charge in [0.1, 0.15) is 0 Å². The first-order valence-corrected chi connectivity index (χ1v) is 5.89. The lowest BCUT2D eigenvalue weighted by atomic mass is 9.77. The van der Waals surface area contributed by atoms with Crippen LogP contribution in [0.4, 0.5) is 13.2 Å². The topological polar surface area (TPSA) is 0 Å². The molecule has 0 atom stereocenters. The van der Waals surface area contributed by atoms with Crippen LogP contribution in [0.2, 0.25) is 0 Å². The molecule has 0 heterocycles. The van der Waals surface area contributed by atoms with Gasteiger partial charge in [0.2, 0.25) is 0 Å². The number of rotatable bonds is 2. The van der Waals surface area contributed by atoms with E-state index in [0.717, 1.165) is 13.8 Å². The zero-order valence-electron chi connectivity index (χ0n) is 13.4. The first-order chi connectivity index (χ1) is 8.73. The lowest BCUT2D eigenvalue weighted by Gasteiger charge is -2.31. The molecule has 0 fully saturated rings. The number of halogens is 3. The minimum absolute atomic E-state index is 0.106. The van der Waals surface area contributed by atoms with Crippen LogP contribution in [-0.4, -0.2) is 6.18 Å². The summed E-state index contributed by atoms with van der Waals surface area (Å²) in [7, 11) is 0. The van der Waals surface area contributed by atoms with Gasteiger partial charge in [-0.25, -0.2) is 0 Å². The Hall–Kier alpha value is -0.990. The molecule has 0 aliphatic heterocycles. The summed E-state index contributed by atoms with van der Waals surface area (Å²) < 4.78 is 55.8.